The van der Waals surface area contributed by atoms with E-state index in [1.807, 2.05) is 31.3 Å². The summed E-state index contributed by atoms with van der Waals surface area (Å²) in [5.74, 6) is 0.842. The molecule has 0 unspecified atom stereocenters. The predicted octanol–water partition coefficient (Wildman–Crippen LogP) is 2.58. The summed E-state index contributed by atoms with van der Waals surface area (Å²) in [6, 6.07) is 7.81. The van der Waals surface area contributed by atoms with Crippen molar-refractivity contribution in [1.29, 1.82) is 0 Å². The van der Waals surface area contributed by atoms with Crippen LogP contribution in [0.25, 0.3) is 0 Å². The fraction of sp³-hybridized carbons (Fsp3) is 0.667. The van der Waals surface area contributed by atoms with Crippen molar-refractivity contribution in [3.63, 3.8) is 0 Å². The van der Waals surface area contributed by atoms with Crippen LogP contribution in [0, 0.1) is 0 Å². The normalized spacial score (nSPS) is 10.8. The highest BCUT2D eigenvalue weighted by Crippen LogP contribution is 2.14. The average Bonchev–Trinajstić information content (AvgIpc) is 2.62. The van der Waals surface area contributed by atoms with E-state index in [2.05, 4.69) is 12.2 Å². The maximum absolute atomic E-state index is 5.58. The minimum absolute atomic E-state index is 0.528. The van der Waals surface area contributed by atoms with Crippen molar-refractivity contribution in [2.75, 3.05) is 71.8 Å². The highest BCUT2D eigenvalue weighted by molar-refractivity contribution is 5.45. The van der Waals surface area contributed by atoms with E-state index in [9.17, 15) is 0 Å². The smallest absolute Gasteiger partial charge is 0.119 e. The van der Waals surface area contributed by atoms with Crippen LogP contribution in [0.1, 0.15) is 13.3 Å². The van der Waals surface area contributed by atoms with E-state index in [4.69, 9.17) is 23.7 Å². The third kappa shape index (κ3) is 11.2. The summed E-state index contributed by atoms with van der Waals surface area (Å²) in [5, 5.41) is 3.06. The molecule has 0 atom stereocenters. The van der Waals surface area contributed by atoms with Gasteiger partial charge in [0.2, 0.25) is 0 Å². The van der Waals surface area contributed by atoms with Crippen molar-refractivity contribution >= 4 is 5.69 Å². The molecule has 1 aromatic carbocycles. The summed E-state index contributed by atoms with van der Waals surface area (Å²) in [6.07, 6.45) is 1.04. The zero-order chi connectivity index (χ0) is 17.3. The van der Waals surface area contributed by atoms with Gasteiger partial charge in [0.1, 0.15) is 12.4 Å². The summed E-state index contributed by atoms with van der Waals surface area (Å²) in [5.41, 5.74) is 1.06. The van der Waals surface area contributed by atoms with Gasteiger partial charge in [-0.15, -0.1) is 0 Å². The van der Waals surface area contributed by atoms with E-state index in [1.165, 1.54) is 0 Å². The Morgan fingerprint density at radius 2 is 1.12 bits per heavy atom. The lowest BCUT2D eigenvalue weighted by Gasteiger charge is -2.09. The van der Waals surface area contributed by atoms with Crippen LogP contribution in [0.4, 0.5) is 5.69 Å². The first kappa shape index (κ1) is 20.7. The van der Waals surface area contributed by atoms with E-state index in [-0.39, 0.29) is 0 Å². The number of anilines is 1. The maximum atomic E-state index is 5.58. The van der Waals surface area contributed by atoms with Gasteiger partial charge in [0.15, 0.2) is 0 Å². The number of nitrogens with one attached hydrogen (secondary N) is 1. The molecule has 0 saturated heterocycles. The van der Waals surface area contributed by atoms with Crippen LogP contribution in [0.5, 0.6) is 5.75 Å². The van der Waals surface area contributed by atoms with E-state index in [0.717, 1.165) is 24.5 Å². The summed E-state index contributed by atoms with van der Waals surface area (Å²) in [7, 11) is 1.89. The molecule has 6 heteroatoms. The second-order valence-corrected chi connectivity index (χ2v) is 5.07. The summed E-state index contributed by atoms with van der Waals surface area (Å²) >= 11 is 0. The second-order valence-electron chi connectivity index (χ2n) is 5.07. The van der Waals surface area contributed by atoms with E-state index < -0.39 is 0 Å². The molecule has 0 aliphatic rings. The molecule has 0 bridgehead atoms. The van der Waals surface area contributed by atoms with Gasteiger partial charge in [-0.3, -0.25) is 0 Å². The van der Waals surface area contributed by atoms with Crippen molar-refractivity contribution in [1.82, 2.24) is 0 Å². The predicted molar refractivity (Wildman–Crippen MR) is 95.1 cm³/mol. The summed E-state index contributed by atoms with van der Waals surface area (Å²) in [6.45, 7) is 7.50. The Morgan fingerprint density at radius 3 is 1.58 bits per heavy atom. The van der Waals surface area contributed by atoms with E-state index >= 15 is 0 Å². The van der Waals surface area contributed by atoms with Crippen molar-refractivity contribution in [3.8, 4) is 5.75 Å². The van der Waals surface area contributed by atoms with Gasteiger partial charge in [-0.2, -0.15) is 0 Å². The van der Waals surface area contributed by atoms with E-state index in [0.29, 0.717) is 52.9 Å². The molecular formula is C18H31NO5. The molecule has 0 radical (unpaired) electrons. The van der Waals surface area contributed by atoms with Crippen LogP contribution in [0.3, 0.4) is 0 Å². The molecule has 1 N–H and O–H groups in total. The van der Waals surface area contributed by atoms with Crippen molar-refractivity contribution in [2.24, 2.45) is 0 Å². The van der Waals surface area contributed by atoms with Crippen molar-refractivity contribution in [3.05, 3.63) is 24.3 Å². The number of benzene rings is 1. The summed E-state index contributed by atoms with van der Waals surface area (Å²) in [4.78, 5) is 0. The Hall–Kier alpha value is -1.34. The molecule has 0 aliphatic heterocycles. The molecule has 0 saturated carbocycles. The average molecular weight is 341 g/mol. The first-order chi connectivity index (χ1) is 11.9. The first-order valence-corrected chi connectivity index (χ1v) is 8.58. The molecule has 0 spiro atoms. The molecule has 0 fully saturated rings. The highest BCUT2D eigenvalue weighted by Gasteiger charge is 1.95. The van der Waals surface area contributed by atoms with E-state index in [1.54, 1.807) is 0 Å². The molecular weight excluding hydrogens is 310 g/mol. The molecule has 0 amide bonds. The molecule has 0 aliphatic carbocycles. The SMILES string of the molecule is CCCOCCOCCOCCOCCOc1ccc(NC)cc1. The minimum atomic E-state index is 0.528. The molecule has 1 rings (SSSR count). The van der Waals surface area contributed by atoms with Gasteiger partial charge in [0, 0.05) is 19.3 Å². The van der Waals surface area contributed by atoms with Gasteiger partial charge >= 0.3 is 0 Å². The van der Waals surface area contributed by atoms with Crippen LogP contribution in [-0.4, -0.2) is 66.5 Å². The van der Waals surface area contributed by atoms with Crippen LogP contribution < -0.4 is 10.1 Å². The Kier molecular flexibility index (Phi) is 13.1. The van der Waals surface area contributed by atoms with Crippen molar-refractivity contribution in [2.45, 2.75) is 13.3 Å². The topological polar surface area (TPSA) is 58.2 Å². The third-order valence-corrected chi connectivity index (χ3v) is 3.10. The lowest BCUT2D eigenvalue weighted by atomic mass is 10.3. The van der Waals surface area contributed by atoms with Gasteiger partial charge in [0.05, 0.1) is 46.2 Å². The number of hydrogen-bond donors (Lipinski definition) is 1. The quantitative estimate of drug-likeness (QED) is 0.466. The largest absolute Gasteiger partial charge is 0.491 e. The van der Waals surface area contributed by atoms with Crippen molar-refractivity contribution < 1.29 is 23.7 Å². The molecule has 0 heterocycles. The Bertz CT molecular complexity index is 386. The highest BCUT2D eigenvalue weighted by atomic mass is 16.6. The fourth-order valence-electron chi connectivity index (χ4n) is 1.84. The molecule has 6 nitrogen and oxygen atoms in total. The van der Waals surface area contributed by atoms with Crippen LogP contribution >= 0.6 is 0 Å². The van der Waals surface area contributed by atoms with Crippen LogP contribution in [0.15, 0.2) is 24.3 Å². The molecule has 0 aromatic heterocycles. The van der Waals surface area contributed by atoms with Gasteiger partial charge in [-0.1, -0.05) is 6.92 Å². The zero-order valence-electron chi connectivity index (χ0n) is 14.9. The number of ether oxygens (including phenoxy) is 5. The molecule has 1 aromatic rings. The van der Waals surface area contributed by atoms with Gasteiger partial charge < -0.3 is 29.0 Å². The van der Waals surface area contributed by atoms with Crippen LogP contribution in [-0.2, 0) is 18.9 Å². The molecule has 24 heavy (non-hydrogen) atoms. The van der Waals surface area contributed by atoms with Gasteiger partial charge in [-0.05, 0) is 30.7 Å². The third-order valence-electron chi connectivity index (χ3n) is 3.10. The Balaban J connectivity index is 1.80. The van der Waals surface area contributed by atoms with Gasteiger partial charge in [-0.25, -0.2) is 0 Å². The first-order valence-electron chi connectivity index (χ1n) is 8.58. The summed E-state index contributed by atoms with van der Waals surface area (Å²) < 4.78 is 27.1. The Morgan fingerprint density at radius 1 is 0.667 bits per heavy atom. The molecule has 138 valence electrons. The standard InChI is InChI=1S/C18H31NO5/c1-3-8-20-9-10-21-11-12-22-13-14-23-15-16-24-18-6-4-17(19-2)5-7-18/h4-7,19H,3,8-16H2,1-2H3. The monoisotopic (exact) mass is 341 g/mol. The zero-order valence-corrected chi connectivity index (χ0v) is 14.9. The maximum Gasteiger partial charge on any atom is 0.119 e. The fourth-order valence-corrected chi connectivity index (χ4v) is 1.84. The van der Waals surface area contributed by atoms with Gasteiger partial charge in [0.25, 0.3) is 0 Å². The second kappa shape index (κ2) is 15.2. The number of rotatable bonds is 16. The minimum Gasteiger partial charge on any atom is -0.491 e. The lowest BCUT2D eigenvalue weighted by molar-refractivity contribution is -0.00450. The Labute approximate surface area is 145 Å². The lowest BCUT2D eigenvalue weighted by Crippen LogP contribution is -2.13. The van der Waals surface area contributed by atoms with Crippen LogP contribution in [0.2, 0.25) is 0 Å². The number of hydrogen-bond acceptors (Lipinski definition) is 6.